The van der Waals surface area contributed by atoms with Gasteiger partial charge in [0, 0.05) is 5.41 Å². The summed E-state index contributed by atoms with van der Waals surface area (Å²) >= 11 is 0. The maximum atomic E-state index is 2.35. The van der Waals surface area contributed by atoms with E-state index in [-0.39, 0.29) is 5.41 Å². The van der Waals surface area contributed by atoms with E-state index in [0.717, 1.165) is 0 Å². The number of benzene rings is 5. The quantitative estimate of drug-likeness (QED) is 0.173. The summed E-state index contributed by atoms with van der Waals surface area (Å²) in [6, 6.07) is 46.7. The van der Waals surface area contributed by atoms with Crippen LogP contribution in [0.25, 0.3) is 21.9 Å². The van der Waals surface area contributed by atoms with E-state index in [9.17, 15) is 0 Å². The van der Waals surface area contributed by atoms with E-state index in [2.05, 4.69) is 111 Å². The minimum atomic E-state index is 0.261. The van der Waals surface area contributed by atoms with Crippen molar-refractivity contribution in [2.75, 3.05) is 0 Å². The third-order valence-corrected chi connectivity index (χ3v) is 8.35. The molecule has 0 bridgehead atoms. The molecule has 296 valence electrons. The summed E-state index contributed by atoms with van der Waals surface area (Å²) in [5.74, 6) is 0. The van der Waals surface area contributed by atoms with Crippen molar-refractivity contribution in [2.24, 2.45) is 0 Å². The van der Waals surface area contributed by atoms with E-state index in [1.54, 1.807) is 11.1 Å². The Balaban J connectivity index is -0.000000623. The number of rotatable bonds is 4. The van der Waals surface area contributed by atoms with Crippen LogP contribution in [0.2, 0.25) is 0 Å². The lowest BCUT2D eigenvalue weighted by molar-refractivity contribution is 0.436. The summed E-state index contributed by atoms with van der Waals surface area (Å²) < 4.78 is 0. The molecule has 2 aliphatic rings. The van der Waals surface area contributed by atoms with Crippen molar-refractivity contribution in [3.8, 4) is 11.1 Å². The van der Waals surface area contributed by atoms with Crippen molar-refractivity contribution >= 4 is 10.8 Å². The fourth-order valence-corrected chi connectivity index (χ4v) is 6.51. The zero-order valence-corrected chi connectivity index (χ0v) is 37.3. The van der Waals surface area contributed by atoms with Crippen LogP contribution >= 0.6 is 0 Å². The lowest BCUT2D eigenvalue weighted by Crippen LogP contribution is -2.24. The smallest absolute Gasteiger partial charge is 0.0215 e. The molecule has 0 atom stereocenters. The summed E-state index contributed by atoms with van der Waals surface area (Å²) in [6.07, 6.45) is 14.0. The van der Waals surface area contributed by atoms with Gasteiger partial charge in [-0.1, -0.05) is 282 Å². The average Bonchev–Trinajstić information content (AvgIpc) is 3.56. The maximum Gasteiger partial charge on any atom is 0.0215 e. The molecule has 0 heterocycles. The standard InChI is InChI=1S/C19H22.C10H8.C6H12.C6H6.6C2H6/c1-3-13-19(14-4-2)17-11-7-5-9-15(17)16-10-6-8-12-18(16)19;1-2-6-10-8-4-3-7-9(10)5-1;2*1-2-4-6-5-3-1;6*1-2/h5-12H,3-4,13-14H2,1-2H3;1-8H;1-6H2;1-6H;6*1-2H3. The second-order valence-corrected chi connectivity index (χ2v) is 11.3. The Morgan fingerprint density at radius 1 is 0.321 bits per heavy atom. The predicted molar refractivity (Wildman–Crippen MR) is 249 cm³/mol. The predicted octanol–water partition coefficient (Wildman–Crippen LogP) is 18.6. The minimum Gasteiger partial charge on any atom is -0.0683 e. The van der Waals surface area contributed by atoms with Gasteiger partial charge in [-0.3, -0.25) is 0 Å². The molecular weight excluding hydrogens is 637 g/mol. The summed E-state index contributed by atoms with van der Waals surface area (Å²) in [7, 11) is 0. The second-order valence-electron chi connectivity index (χ2n) is 11.3. The molecule has 0 amide bonds. The summed E-state index contributed by atoms with van der Waals surface area (Å²) in [4.78, 5) is 0. The summed E-state index contributed by atoms with van der Waals surface area (Å²) in [6.45, 7) is 28.6. The highest BCUT2D eigenvalue weighted by molar-refractivity contribution is 5.82. The molecule has 0 N–H and O–H groups in total. The zero-order valence-electron chi connectivity index (χ0n) is 37.3. The highest BCUT2D eigenvalue weighted by Gasteiger charge is 2.41. The maximum absolute atomic E-state index is 2.35. The molecule has 1 saturated carbocycles. The SMILES string of the molecule is C1CCCCC1.CC.CC.CC.CC.CC.CC.CCCC1(CCC)c2ccccc2-c2ccccc21.c1ccc2ccccc2c1.c1ccccc1. The van der Waals surface area contributed by atoms with Crippen LogP contribution in [0.1, 0.15) is 172 Å². The Kier molecular flexibility index (Phi) is 40.1. The van der Waals surface area contributed by atoms with Gasteiger partial charge in [0.05, 0.1) is 0 Å². The molecule has 0 heteroatoms. The number of hydrogen-bond acceptors (Lipinski definition) is 0. The Bertz CT molecular complexity index is 1250. The lowest BCUT2D eigenvalue weighted by Gasteiger charge is -2.31. The van der Waals surface area contributed by atoms with E-state index in [0.29, 0.717) is 0 Å². The lowest BCUT2D eigenvalue weighted by atomic mass is 9.71. The molecule has 0 aromatic heterocycles. The molecule has 0 nitrogen and oxygen atoms in total. The Labute approximate surface area is 331 Å². The van der Waals surface area contributed by atoms with Crippen LogP contribution in [0.15, 0.2) is 133 Å². The summed E-state index contributed by atoms with van der Waals surface area (Å²) in [5.41, 5.74) is 6.29. The third-order valence-electron chi connectivity index (χ3n) is 8.35. The van der Waals surface area contributed by atoms with E-state index >= 15 is 0 Å². The van der Waals surface area contributed by atoms with Crippen LogP contribution in [0.4, 0.5) is 0 Å². The first-order valence-electron chi connectivity index (χ1n) is 21.9. The van der Waals surface area contributed by atoms with E-state index in [1.165, 1.54) is 86.1 Å². The molecule has 5 aromatic rings. The van der Waals surface area contributed by atoms with Gasteiger partial charge in [0.15, 0.2) is 0 Å². The molecule has 0 saturated heterocycles. The van der Waals surface area contributed by atoms with Crippen LogP contribution in [0.5, 0.6) is 0 Å². The van der Waals surface area contributed by atoms with Crippen molar-refractivity contribution in [2.45, 2.75) is 167 Å². The van der Waals surface area contributed by atoms with Crippen LogP contribution in [-0.2, 0) is 5.41 Å². The Hall–Kier alpha value is -3.64. The Morgan fingerprint density at radius 2 is 0.547 bits per heavy atom. The van der Waals surface area contributed by atoms with Gasteiger partial charge < -0.3 is 0 Å². The highest BCUT2D eigenvalue weighted by Crippen LogP contribution is 2.53. The number of hydrogen-bond donors (Lipinski definition) is 0. The van der Waals surface area contributed by atoms with E-state index in [1.807, 2.05) is 119 Å². The number of fused-ring (bicyclic) bond motifs is 4. The van der Waals surface area contributed by atoms with Gasteiger partial charge in [-0.2, -0.15) is 0 Å². The van der Waals surface area contributed by atoms with Crippen molar-refractivity contribution in [3.63, 3.8) is 0 Å². The van der Waals surface area contributed by atoms with Gasteiger partial charge in [0.2, 0.25) is 0 Å². The minimum absolute atomic E-state index is 0.261. The van der Waals surface area contributed by atoms with Gasteiger partial charge >= 0.3 is 0 Å². The van der Waals surface area contributed by atoms with Crippen LogP contribution in [0, 0.1) is 0 Å². The van der Waals surface area contributed by atoms with Crippen molar-refractivity contribution in [3.05, 3.63) is 145 Å². The molecule has 53 heavy (non-hydrogen) atoms. The van der Waals surface area contributed by atoms with Gasteiger partial charge in [-0.25, -0.2) is 0 Å². The van der Waals surface area contributed by atoms with Gasteiger partial charge in [0.1, 0.15) is 0 Å². The topological polar surface area (TPSA) is 0 Å². The molecule has 0 radical (unpaired) electrons. The van der Waals surface area contributed by atoms with Crippen molar-refractivity contribution < 1.29 is 0 Å². The highest BCUT2D eigenvalue weighted by atomic mass is 14.4. The summed E-state index contributed by atoms with van der Waals surface area (Å²) in [5, 5.41) is 2.62. The van der Waals surface area contributed by atoms with Crippen molar-refractivity contribution in [1.29, 1.82) is 0 Å². The third kappa shape index (κ3) is 19.9. The fourth-order valence-electron chi connectivity index (χ4n) is 6.51. The molecule has 7 rings (SSSR count). The van der Waals surface area contributed by atoms with Crippen LogP contribution in [-0.4, -0.2) is 0 Å². The Morgan fingerprint density at radius 3 is 0.792 bits per heavy atom. The first-order valence-corrected chi connectivity index (χ1v) is 21.9. The first kappa shape index (κ1) is 53.7. The monoisotopic (exact) mass is 721 g/mol. The van der Waals surface area contributed by atoms with E-state index in [4.69, 9.17) is 0 Å². The molecule has 1 fully saturated rings. The molecule has 0 aliphatic heterocycles. The van der Waals surface area contributed by atoms with Crippen molar-refractivity contribution in [1.82, 2.24) is 0 Å². The zero-order chi connectivity index (χ0) is 40.6. The molecular formula is C53H84. The second kappa shape index (κ2) is 39.6. The first-order chi connectivity index (χ1) is 26.3. The normalized spacial score (nSPS) is 11.6. The van der Waals surface area contributed by atoms with E-state index < -0.39 is 0 Å². The van der Waals surface area contributed by atoms with Gasteiger partial charge in [-0.05, 0) is 45.9 Å². The molecule has 0 unspecified atom stereocenters. The largest absolute Gasteiger partial charge is 0.0683 e. The molecule has 2 aliphatic carbocycles. The van der Waals surface area contributed by atoms with Gasteiger partial charge in [0.25, 0.3) is 0 Å². The molecule has 0 spiro atoms. The van der Waals surface area contributed by atoms with Gasteiger partial charge in [-0.15, -0.1) is 0 Å². The average molecular weight is 721 g/mol. The fraction of sp³-hybridized carbons (Fsp3) is 0.472. The molecule has 5 aromatic carbocycles. The van der Waals surface area contributed by atoms with Crippen LogP contribution in [0.3, 0.4) is 0 Å². The van der Waals surface area contributed by atoms with Crippen LogP contribution < -0.4 is 0 Å².